The second-order valence-electron chi connectivity index (χ2n) is 33.9. The summed E-state index contributed by atoms with van der Waals surface area (Å²) in [7, 11) is -2.23. The fraction of sp³-hybridized carbons (Fsp3) is 0.292. The SMILES string of the molecule is CC1(COC(=O)Nc2ccc(NCc3ccc(F)cc3)cc2N)COC1.CC1(COC(=O)ON2C(=O)c3ccccc3C2=O)COC1.CC1(CS(=O)CCOC(=O)Nc2ccc(NCc3ccc(F)cc3)cc2N)COC1.CC1(CS(=O)CCOC(=O)ON2C(=O)c3ccccc3C2=O)COC1.Nc1ccc(NCc2ccc(F)cc2)cc1N.Nc1ccc(NCc2ccc(F)cc2)cc1[N+](=O)[O-]. The van der Waals surface area contributed by atoms with Crippen molar-refractivity contribution >= 4 is 138 Å². The Balaban J connectivity index is 0.000000160. The second-order valence-corrected chi connectivity index (χ2v) is 37.0. The van der Waals surface area contributed by atoms with Gasteiger partial charge in [-0.15, -0.1) is 0 Å². The van der Waals surface area contributed by atoms with Crippen LogP contribution in [0.2, 0.25) is 0 Å². The highest BCUT2D eigenvalue weighted by Gasteiger charge is 2.43. The monoisotopic (exact) mass is 1940 g/mol. The number of nitrogens with one attached hydrogen (secondary N) is 6. The molecular formula is C96H104F4N14O22S2. The Morgan fingerprint density at radius 2 is 0.681 bits per heavy atom. The predicted octanol–water partition coefficient (Wildman–Crippen LogP) is 15.0. The number of nitro groups is 1. The molecule has 0 radical (unpaired) electrons. The highest BCUT2D eigenvalue weighted by molar-refractivity contribution is 7.85. The molecule has 0 bridgehead atoms. The number of carbonyl (C=O) groups is 8. The number of benzene rings is 10. The number of hydroxylamine groups is 4. The van der Waals surface area contributed by atoms with Crippen molar-refractivity contribution < 1.29 is 117 Å². The summed E-state index contributed by atoms with van der Waals surface area (Å²) in [6, 6.07) is 57.5. The van der Waals surface area contributed by atoms with Crippen LogP contribution in [0.25, 0.3) is 0 Å². The second kappa shape index (κ2) is 48.5. The summed E-state index contributed by atoms with van der Waals surface area (Å²) in [5.41, 5.74) is 38.7. The molecule has 16 N–H and O–H groups in total. The number of nitrogens with zero attached hydrogens (tertiary/aromatic N) is 3. The molecule has 4 saturated heterocycles. The summed E-state index contributed by atoms with van der Waals surface area (Å²) in [5, 5.41) is 29.4. The fourth-order valence-electron chi connectivity index (χ4n) is 13.3. The quantitative estimate of drug-likeness (QED) is 0.00366. The van der Waals surface area contributed by atoms with E-state index < -0.39 is 74.6 Å². The van der Waals surface area contributed by atoms with E-state index in [1.165, 1.54) is 84.9 Å². The smallest absolute Gasteiger partial charge is 0.449 e. The molecule has 6 amide bonds. The van der Waals surface area contributed by atoms with E-state index in [1.54, 1.807) is 127 Å². The van der Waals surface area contributed by atoms with Gasteiger partial charge in [-0.3, -0.25) is 58.0 Å². The molecule has 16 rings (SSSR count). The average molecular weight is 1950 g/mol. The summed E-state index contributed by atoms with van der Waals surface area (Å²) in [4.78, 5) is 115. The van der Waals surface area contributed by atoms with Crippen molar-refractivity contribution in [3.8, 4) is 0 Å². The molecule has 36 nitrogen and oxygen atoms in total. The topological polar surface area (TPSA) is 515 Å². The third-order valence-corrected chi connectivity index (χ3v) is 24.4. The van der Waals surface area contributed by atoms with Crippen LogP contribution >= 0.6 is 0 Å². The van der Waals surface area contributed by atoms with Crippen LogP contribution in [0.1, 0.15) is 91.4 Å². The van der Waals surface area contributed by atoms with Gasteiger partial charge in [0.25, 0.3) is 29.3 Å². The number of ether oxygens (including phenoxy) is 8. The van der Waals surface area contributed by atoms with Gasteiger partial charge in [-0.05, 0) is 162 Å². The first kappa shape index (κ1) is 104. The molecule has 2 unspecified atom stereocenters. The first-order chi connectivity index (χ1) is 65.9. The number of amides is 6. The van der Waals surface area contributed by atoms with Crippen LogP contribution in [0, 0.1) is 55.0 Å². The molecule has 4 fully saturated rings. The van der Waals surface area contributed by atoms with Crippen LogP contribution < -0.4 is 60.6 Å². The van der Waals surface area contributed by atoms with Gasteiger partial charge in [0.2, 0.25) is 0 Å². The molecule has 138 heavy (non-hydrogen) atoms. The zero-order valence-corrected chi connectivity index (χ0v) is 77.1. The largest absolute Gasteiger partial charge is 0.534 e. The molecule has 730 valence electrons. The van der Waals surface area contributed by atoms with E-state index in [9.17, 15) is 74.5 Å². The summed E-state index contributed by atoms with van der Waals surface area (Å²) in [6.07, 6.45) is -3.47. The summed E-state index contributed by atoms with van der Waals surface area (Å²) in [5.74, 6) is -2.44. The number of nitrogens with two attached hydrogens (primary N) is 5. The van der Waals surface area contributed by atoms with Crippen molar-refractivity contribution in [1.82, 2.24) is 10.1 Å². The standard InChI is InChI=1S/C21H26FN3O4S.C19H22FN3O3.C16H17NO7S.C14H13NO6.C13H12FN3O2.C13H14FN3/c1-21(12-28-13-21)14-30(27)9-8-29-20(26)25-19-7-6-17(10-18(19)23)24-11-15-2-4-16(22)5-3-15;1-19(10-25-11-19)12-26-18(24)23-17-7-6-15(8-16(17)21)22-9-13-2-4-14(20)5-3-13;1-16(8-22-9-16)10-25(21)7-6-23-15(20)24-17-13(18)11-4-2-3-5-12(11)14(17)19;1-14(6-19-7-14)8-20-13(18)21-15-11(16)9-4-2-3-5-10(9)12(15)17;14-10-3-1-9(2-4-10)8-16-11-5-6-12(15)13(7-11)17(18)19;14-10-3-1-9(2-4-10)8-17-11-5-6-12(15)13(16)7-11/h2-7,10,24H,8-9,11-14,23H2,1H3,(H,25,26);2-8,22H,9-12,21H2,1H3,(H,23,24);2-5H,6-10H2,1H3;2-5H,6-8H2,1H3;1-7,16H,8,15H2;1-7,17H,8,15-16H2. The zero-order valence-electron chi connectivity index (χ0n) is 75.5. The lowest BCUT2D eigenvalue weighted by Gasteiger charge is -2.37. The number of nitrogen functional groups attached to an aromatic ring is 5. The minimum absolute atomic E-state index is 0.0337. The minimum Gasteiger partial charge on any atom is -0.449 e. The molecule has 0 spiro atoms. The molecule has 6 aliphatic rings. The van der Waals surface area contributed by atoms with E-state index >= 15 is 0 Å². The third-order valence-electron chi connectivity index (χ3n) is 21.2. The Morgan fingerprint density at radius 1 is 0.384 bits per heavy atom. The van der Waals surface area contributed by atoms with Gasteiger partial charge >= 0.3 is 24.5 Å². The molecule has 2 atom stereocenters. The number of fused-ring (bicyclic) bond motifs is 2. The van der Waals surface area contributed by atoms with E-state index in [0.717, 1.165) is 39.3 Å². The lowest BCUT2D eigenvalue weighted by atomic mass is 9.90. The Morgan fingerprint density at radius 3 is 1.00 bits per heavy atom. The lowest BCUT2D eigenvalue weighted by molar-refractivity contribution is -0.383. The number of rotatable bonds is 31. The van der Waals surface area contributed by atoms with Gasteiger partial charge in [0.05, 0.1) is 126 Å². The molecule has 42 heteroatoms. The first-order valence-corrected chi connectivity index (χ1v) is 45.8. The van der Waals surface area contributed by atoms with Crippen molar-refractivity contribution in [2.24, 2.45) is 21.7 Å². The fourth-order valence-corrected chi connectivity index (χ4v) is 16.0. The minimum atomic E-state index is -1.19. The van der Waals surface area contributed by atoms with Gasteiger partial charge in [-0.25, -0.2) is 36.7 Å². The third kappa shape index (κ3) is 31.0. The van der Waals surface area contributed by atoms with Crippen LogP contribution in [0.15, 0.2) is 218 Å². The van der Waals surface area contributed by atoms with E-state index in [1.807, 2.05) is 33.8 Å². The van der Waals surface area contributed by atoms with Crippen LogP contribution in [-0.4, -0.2) is 174 Å². The van der Waals surface area contributed by atoms with Crippen LogP contribution in [-0.2, 0) is 95.3 Å². The molecule has 6 aliphatic heterocycles. The Labute approximate surface area is 795 Å². The lowest BCUT2D eigenvalue weighted by Crippen LogP contribution is -2.44. The number of imide groups is 2. The summed E-state index contributed by atoms with van der Waals surface area (Å²) in [6.45, 7) is 14.9. The molecule has 10 aromatic carbocycles. The van der Waals surface area contributed by atoms with Gasteiger partial charge in [0.15, 0.2) is 0 Å². The normalized spacial score (nSPS) is 15.2. The number of hydrogen-bond acceptors (Lipinski definition) is 31. The number of carbonyl (C=O) groups excluding carboxylic acids is 8. The Hall–Kier alpha value is -15.0. The van der Waals surface area contributed by atoms with Gasteiger partial charge in [0.1, 0.15) is 55.4 Å². The average Bonchev–Trinajstić information content (AvgIpc) is 1.64. The Kier molecular flexibility index (Phi) is 36.4. The maximum Gasteiger partial charge on any atom is 0.534 e. The molecule has 10 aromatic rings. The van der Waals surface area contributed by atoms with Crippen molar-refractivity contribution in [3.05, 3.63) is 296 Å². The van der Waals surface area contributed by atoms with Crippen molar-refractivity contribution in [1.29, 1.82) is 0 Å². The number of anilines is 11. The van der Waals surface area contributed by atoms with E-state index in [4.69, 9.17) is 71.4 Å². The highest BCUT2D eigenvalue weighted by Crippen LogP contribution is 2.34. The van der Waals surface area contributed by atoms with Gasteiger partial charge < -0.3 is 87.8 Å². The number of nitro benzene ring substituents is 1. The van der Waals surface area contributed by atoms with E-state index in [0.29, 0.717) is 147 Å². The van der Waals surface area contributed by atoms with E-state index in [2.05, 4.69) is 36.7 Å². The van der Waals surface area contributed by atoms with Crippen molar-refractivity contribution in [2.75, 3.05) is 163 Å². The molecule has 0 saturated carbocycles. The van der Waals surface area contributed by atoms with Crippen LogP contribution in [0.5, 0.6) is 0 Å². The van der Waals surface area contributed by atoms with Gasteiger partial charge in [0, 0.05) is 110 Å². The highest BCUT2D eigenvalue weighted by atomic mass is 32.2. The summed E-state index contributed by atoms with van der Waals surface area (Å²) >= 11 is 0. The van der Waals surface area contributed by atoms with Crippen molar-refractivity contribution in [2.45, 2.75) is 53.9 Å². The number of halogens is 4. The van der Waals surface area contributed by atoms with Crippen LogP contribution in [0.4, 0.5) is 105 Å². The molecule has 6 heterocycles. The number of hydrogen-bond donors (Lipinski definition) is 11. The van der Waals surface area contributed by atoms with Gasteiger partial charge in [-0.1, -0.05) is 111 Å². The molecule has 0 aromatic heterocycles. The van der Waals surface area contributed by atoms with E-state index in [-0.39, 0.29) is 110 Å². The zero-order chi connectivity index (χ0) is 99.3. The maximum atomic E-state index is 12.9. The first-order valence-electron chi connectivity index (χ1n) is 42.8. The predicted molar refractivity (Wildman–Crippen MR) is 510 cm³/mol. The van der Waals surface area contributed by atoms with Crippen LogP contribution in [0.3, 0.4) is 0 Å². The van der Waals surface area contributed by atoms with Gasteiger partial charge in [-0.2, -0.15) is 0 Å². The summed E-state index contributed by atoms with van der Waals surface area (Å²) < 4.78 is 116. The van der Waals surface area contributed by atoms with Crippen molar-refractivity contribution in [3.63, 3.8) is 0 Å². The molecule has 0 aliphatic carbocycles. The Bertz CT molecular complexity index is 5960. The molecular weight excluding hydrogens is 1840 g/mol. The maximum absolute atomic E-state index is 12.9.